The first-order valence-corrected chi connectivity index (χ1v) is 7.11. The van der Waals surface area contributed by atoms with Crippen LogP contribution < -0.4 is 0 Å². The van der Waals surface area contributed by atoms with Crippen molar-refractivity contribution >= 4 is 15.9 Å². The summed E-state index contributed by atoms with van der Waals surface area (Å²) in [5, 5.41) is 1.10. The van der Waals surface area contributed by atoms with Gasteiger partial charge < -0.3 is 4.74 Å². The van der Waals surface area contributed by atoms with Crippen LogP contribution in [0.3, 0.4) is 0 Å². The van der Waals surface area contributed by atoms with Crippen LogP contribution in [0.5, 0.6) is 0 Å². The van der Waals surface area contributed by atoms with Crippen LogP contribution >= 0.6 is 15.9 Å². The lowest BCUT2D eigenvalue weighted by Gasteiger charge is -2.12. The minimum atomic E-state index is 0.460. The van der Waals surface area contributed by atoms with E-state index in [-0.39, 0.29) is 0 Å². The van der Waals surface area contributed by atoms with E-state index in [1.807, 2.05) is 0 Å². The van der Waals surface area contributed by atoms with Gasteiger partial charge in [0, 0.05) is 11.9 Å². The molecular weight excluding hydrogens is 240 g/mol. The van der Waals surface area contributed by atoms with Crippen molar-refractivity contribution in [3.05, 3.63) is 0 Å². The summed E-state index contributed by atoms with van der Waals surface area (Å²) in [4.78, 5) is 0. The van der Waals surface area contributed by atoms with Gasteiger partial charge in [-0.2, -0.15) is 0 Å². The normalized spacial score (nSPS) is 13.1. The fourth-order valence-electron chi connectivity index (χ4n) is 1.42. The van der Waals surface area contributed by atoms with Gasteiger partial charge in [0.1, 0.15) is 0 Å². The van der Waals surface area contributed by atoms with E-state index in [2.05, 4.69) is 29.8 Å². The Bertz CT molecular complexity index is 94.5. The Morgan fingerprint density at radius 2 is 1.86 bits per heavy atom. The molecule has 0 aromatic rings. The second-order valence-electron chi connectivity index (χ2n) is 3.93. The number of alkyl halides is 1. The molecule has 0 N–H and O–H groups in total. The van der Waals surface area contributed by atoms with Crippen molar-refractivity contribution in [1.29, 1.82) is 0 Å². The van der Waals surface area contributed by atoms with Crippen molar-refractivity contribution in [1.82, 2.24) is 0 Å². The van der Waals surface area contributed by atoms with Gasteiger partial charge in [-0.15, -0.1) is 0 Å². The van der Waals surface area contributed by atoms with Crippen LogP contribution in [0.4, 0.5) is 0 Å². The maximum atomic E-state index is 5.70. The quantitative estimate of drug-likeness (QED) is 0.416. The summed E-state index contributed by atoms with van der Waals surface area (Å²) in [5.41, 5.74) is 0. The Morgan fingerprint density at radius 1 is 1.07 bits per heavy atom. The van der Waals surface area contributed by atoms with Crippen molar-refractivity contribution in [3.63, 3.8) is 0 Å². The first-order valence-electron chi connectivity index (χ1n) is 5.98. The standard InChI is InChI=1S/C12H25BrO/c1-3-4-5-6-9-12(2)14-11-8-7-10-13/h12H,3-11H2,1-2H3. The highest BCUT2D eigenvalue weighted by molar-refractivity contribution is 9.09. The van der Waals surface area contributed by atoms with Crippen molar-refractivity contribution in [3.8, 4) is 0 Å². The molecule has 14 heavy (non-hydrogen) atoms. The van der Waals surface area contributed by atoms with Crippen LogP contribution in [0.2, 0.25) is 0 Å². The summed E-state index contributed by atoms with van der Waals surface area (Å²) in [6, 6.07) is 0. The van der Waals surface area contributed by atoms with Crippen LogP contribution in [0, 0.1) is 0 Å². The van der Waals surface area contributed by atoms with Crippen molar-refractivity contribution < 1.29 is 4.74 Å². The molecule has 0 spiro atoms. The molecule has 0 radical (unpaired) electrons. The fourth-order valence-corrected chi connectivity index (χ4v) is 1.82. The Balaban J connectivity index is 3.07. The van der Waals surface area contributed by atoms with Gasteiger partial charge in [-0.05, 0) is 26.2 Å². The van der Waals surface area contributed by atoms with Gasteiger partial charge in [-0.3, -0.25) is 0 Å². The number of unbranched alkanes of at least 4 members (excludes halogenated alkanes) is 4. The van der Waals surface area contributed by atoms with Crippen molar-refractivity contribution in [2.45, 2.75) is 64.9 Å². The molecule has 0 fully saturated rings. The summed E-state index contributed by atoms with van der Waals surface area (Å²) in [6.45, 7) is 5.38. The van der Waals surface area contributed by atoms with E-state index in [0.29, 0.717) is 6.10 Å². The van der Waals surface area contributed by atoms with E-state index in [4.69, 9.17) is 4.74 Å². The summed E-state index contributed by atoms with van der Waals surface area (Å²) < 4.78 is 5.70. The van der Waals surface area contributed by atoms with Gasteiger partial charge >= 0.3 is 0 Å². The SMILES string of the molecule is CCCCCCC(C)OCCCCBr. The van der Waals surface area contributed by atoms with E-state index in [9.17, 15) is 0 Å². The van der Waals surface area contributed by atoms with Crippen molar-refractivity contribution in [2.75, 3.05) is 11.9 Å². The molecule has 1 atom stereocenters. The minimum Gasteiger partial charge on any atom is -0.379 e. The number of rotatable bonds is 10. The molecule has 0 aromatic carbocycles. The molecule has 1 nitrogen and oxygen atoms in total. The minimum absolute atomic E-state index is 0.460. The van der Waals surface area contributed by atoms with Gasteiger partial charge in [0.15, 0.2) is 0 Å². The molecule has 0 aliphatic heterocycles. The fraction of sp³-hybridized carbons (Fsp3) is 1.00. The number of halogens is 1. The van der Waals surface area contributed by atoms with E-state index < -0.39 is 0 Å². The summed E-state index contributed by atoms with van der Waals surface area (Å²) >= 11 is 3.42. The molecule has 1 unspecified atom stereocenters. The molecule has 0 rings (SSSR count). The molecule has 0 heterocycles. The third kappa shape index (κ3) is 10.5. The van der Waals surface area contributed by atoms with Gasteiger partial charge in [0.25, 0.3) is 0 Å². The van der Waals surface area contributed by atoms with Gasteiger partial charge in [0.05, 0.1) is 6.10 Å². The summed E-state index contributed by atoms with van der Waals surface area (Å²) in [6.07, 6.45) is 9.49. The number of hydrogen-bond acceptors (Lipinski definition) is 1. The first-order chi connectivity index (χ1) is 6.81. The lowest BCUT2D eigenvalue weighted by Crippen LogP contribution is -2.09. The largest absolute Gasteiger partial charge is 0.379 e. The second kappa shape index (κ2) is 11.5. The van der Waals surface area contributed by atoms with E-state index in [1.165, 1.54) is 44.9 Å². The molecule has 0 saturated carbocycles. The molecule has 0 saturated heterocycles. The molecule has 86 valence electrons. The predicted octanol–water partition coefficient (Wildman–Crippen LogP) is 4.54. The Kier molecular flexibility index (Phi) is 11.9. The third-order valence-corrected chi connectivity index (χ3v) is 2.96. The number of ether oxygens (including phenoxy) is 1. The number of hydrogen-bond donors (Lipinski definition) is 0. The first kappa shape index (κ1) is 14.4. The van der Waals surface area contributed by atoms with Crippen LogP contribution in [-0.2, 0) is 4.74 Å². The molecule has 0 amide bonds. The van der Waals surface area contributed by atoms with E-state index in [1.54, 1.807) is 0 Å². The van der Waals surface area contributed by atoms with Crippen molar-refractivity contribution in [2.24, 2.45) is 0 Å². The molecule has 0 aromatic heterocycles. The van der Waals surface area contributed by atoms with Crippen LogP contribution in [0.1, 0.15) is 58.8 Å². The molecule has 0 aliphatic carbocycles. The van der Waals surface area contributed by atoms with E-state index in [0.717, 1.165) is 11.9 Å². The van der Waals surface area contributed by atoms with Gasteiger partial charge in [-0.1, -0.05) is 48.5 Å². The predicted molar refractivity (Wildman–Crippen MR) is 67.2 cm³/mol. The Morgan fingerprint density at radius 3 is 2.50 bits per heavy atom. The molecular formula is C12H25BrO. The smallest absolute Gasteiger partial charge is 0.0547 e. The highest BCUT2D eigenvalue weighted by Gasteiger charge is 2.00. The third-order valence-electron chi connectivity index (χ3n) is 2.39. The zero-order valence-electron chi connectivity index (χ0n) is 9.73. The molecule has 0 bridgehead atoms. The van der Waals surface area contributed by atoms with E-state index >= 15 is 0 Å². The summed E-state index contributed by atoms with van der Waals surface area (Å²) in [7, 11) is 0. The van der Waals surface area contributed by atoms with Crippen LogP contribution in [0.15, 0.2) is 0 Å². The van der Waals surface area contributed by atoms with Gasteiger partial charge in [-0.25, -0.2) is 0 Å². The zero-order valence-corrected chi connectivity index (χ0v) is 11.3. The average molecular weight is 265 g/mol. The molecule has 2 heteroatoms. The maximum absolute atomic E-state index is 5.70. The Labute approximate surface area is 97.7 Å². The maximum Gasteiger partial charge on any atom is 0.0547 e. The van der Waals surface area contributed by atoms with Gasteiger partial charge in [0.2, 0.25) is 0 Å². The Hall–Kier alpha value is 0.440. The van der Waals surface area contributed by atoms with Crippen LogP contribution in [-0.4, -0.2) is 18.0 Å². The lowest BCUT2D eigenvalue weighted by atomic mass is 10.1. The highest BCUT2D eigenvalue weighted by Crippen LogP contribution is 2.08. The lowest BCUT2D eigenvalue weighted by molar-refractivity contribution is 0.0567. The highest BCUT2D eigenvalue weighted by atomic mass is 79.9. The second-order valence-corrected chi connectivity index (χ2v) is 4.72. The van der Waals surface area contributed by atoms with Crippen LogP contribution in [0.25, 0.3) is 0 Å². The summed E-state index contributed by atoms with van der Waals surface area (Å²) in [5.74, 6) is 0. The zero-order chi connectivity index (χ0) is 10.6. The molecule has 0 aliphatic rings. The average Bonchev–Trinajstić information content (AvgIpc) is 2.19. The monoisotopic (exact) mass is 264 g/mol. The topological polar surface area (TPSA) is 9.23 Å².